The first kappa shape index (κ1) is 20.5. The Bertz CT molecular complexity index is 796. The molecule has 1 N–H and O–H groups in total. The molecular formula is C22H27NO4. The van der Waals surface area contributed by atoms with E-state index < -0.39 is 12.0 Å². The first-order valence-electron chi connectivity index (χ1n) is 9.01. The van der Waals surface area contributed by atoms with Crippen LogP contribution in [0.5, 0.6) is 11.5 Å². The highest BCUT2D eigenvalue weighted by Crippen LogP contribution is 2.25. The fraction of sp³-hybridized carbons (Fsp3) is 0.364. The van der Waals surface area contributed by atoms with Crippen molar-refractivity contribution < 1.29 is 19.1 Å². The molecule has 2 aromatic rings. The van der Waals surface area contributed by atoms with E-state index in [-0.39, 0.29) is 12.3 Å². The van der Waals surface area contributed by atoms with Crippen molar-refractivity contribution in [2.24, 2.45) is 0 Å². The van der Waals surface area contributed by atoms with Gasteiger partial charge < -0.3 is 14.8 Å². The van der Waals surface area contributed by atoms with E-state index in [0.29, 0.717) is 17.4 Å². The number of methoxy groups -OCH3 is 1. The van der Waals surface area contributed by atoms with Crippen molar-refractivity contribution in [3.05, 3.63) is 59.2 Å². The number of hydrogen-bond acceptors (Lipinski definition) is 4. The normalized spacial score (nSPS) is 11.8. The molecule has 2 rings (SSSR count). The monoisotopic (exact) mass is 369 g/mol. The molecular weight excluding hydrogens is 342 g/mol. The quantitative estimate of drug-likeness (QED) is 0.584. The molecule has 5 nitrogen and oxygen atoms in total. The van der Waals surface area contributed by atoms with Crippen LogP contribution >= 0.6 is 0 Å². The van der Waals surface area contributed by atoms with Gasteiger partial charge in [-0.05, 0) is 53.8 Å². The smallest absolute Gasteiger partial charge is 0.313 e. The van der Waals surface area contributed by atoms with Gasteiger partial charge in [0.2, 0.25) is 5.91 Å². The number of amides is 1. The van der Waals surface area contributed by atoms with Gasteiger partial charge in [-0.1, -0.05) is 32.0 Å². The van der Waals surface area contributed by atoms with Crippen LogP contribution in [0.1, 0.15) is 55.8 Å². The molecule has 0 saturated heterocycles. The minimum Gasteiger partial charge on any atom is -0.497 e. The zero-order chi connectivity index (χ0) is 20.0. The molecule has 5 heteroatoms. The second-order valence-corrected chi connectivity index (χ2v) is 6.94. The number of ether oxygens (including phenoxy) is 2. The van der Waals surface area contributed by atoms with Crippen molar-refractivity contribution in [3.8, 4) is 11.5 Å². The van der Waals surface area contributed by atoms with E-state index in [1.54, 1.807) is 19.2 Å². The maximum absolute atomic E-state index is 12.5. The molecule has 0 aromatic heterocycles. The van der Waals surface area contributed by atoms with Gasteiger partial charge in [0.15, 0.2) is 0 Å². The lowest BCUT2D eigenvalue weighted by Gasteiger charge is -2.18. The summed E-state index contributed by atoms with van der Waals surface area (Å²) in [6, 6.07) is 12.6. The second kappa shape index (κ2) is 9.21. The Hall–Kier alpha value is -2.82. The van der Waals surface area contributed by atoms with Crippen LogP contribution in [0, 0.1) is 6.92 Å². The summed E-state index contributed by atoms with van der Waals surface area (Å²) in [6.07, 6.45) is 0.0386. The number of carbonyl (C=O) groups excluding carboxylic acids is 2. The molecule has 144 valence electrons. The lowest BCUT2D eigenvalue weighted by atomic mass is 10.0. The molecule has 27 heavy (non-hydrogen) atoms. The van der Waals surface area contributed by atoms with Crippen molar-refractivity contribution in [3.63, 3.8) is 0 Å². The predicted molar refractivity (Wildman–Crippen MR) is 105 cm³/mol. The highest BCUT2D eigenvalue weighted by atomic mass is 16.5. The van der Waals surface area contributed by atoms with Gasteiger partial charge in [-0.3, -0.25) is 9.59 Å². The summed E-state index contributed by atoms with van der Waals surface area (Å²) in [7, 11) is 1.59. The Balaban J connectivity index is 2.14. The average molecular weight is 369 g/mol. The van der Waals surface area contributed by atoms with Crippen LogP contribution < -0.4 is 14.8 Å². The van der Waals surface area contributed by atoms with Crippen LogP contribution in [0.15, 0.2) is 42.5 Å². The molecule has 1 unspecified atom stereocenters. The van der Waals surface area contributed by atoms with Gasteiger partial charge in [0.25, 0.3) is 0 Å². The Kier molecular flexibility index (Phi) is 6.99. The summed E-state index contributed by atoms with van der Waals surface area (Å²) in [5.74, 6) is 0.976. The SMILES string of the molecule is COc1ccc(C(CC(=O)Oc2cc(C)cc(C(C)C)c2)NC(C)=O)cc1. The van der Waals surface area contributed by atoms with E-state index in [2.05, 4.69) is 25.2 Å². The van der Waals surface area contributed by atoms with E-state index in [1.807, 2.05) is 31.2 Å². The number of nitrogens with one attached hydrogen (secondary N) is 1. The van der Waals surface area contributed by atoms with Crippen LogP contribution in [-0.2, 0) is 9.59 Å². The van der Waals surface area contributed by atoms with Gasteiger partial charge in [0.1, 0.15) is 11.5 Å². The molecule has 0 spiro atoms. The van der Waals surface area contributed by atoms with Gasteiger partial charge in [-0.25, -0.2) is 0 Å². The van der Waals surface area contributed by atoms with Crippen LogP contribution in [0.3, 0.4) is 0 Å². The number of benzene rings is 2. The third-order valence-electron chi connectivity index (χ3n) is 4.24. The van der Waals surface area contributed by atoms with Crippen LogP contribution in [0.2, 0.25) is 0 Å². The highest BCUT2D eigenvalue weighted by molar-refractivity contribution is 5.77. The fourth-order valence-electron chi connectivity index (χ4n) is 2.84. The number of rotatable bonds is 7. The van der Waals surface area contributed by atoms with Crippen molar-refractivity contribution >= 4 is 11.9 Å². The Labute approximate surface area is 160 Å². The second-order valence-electron chi connectivity index (χ2n) is 6.94. The summed E-state index contributed by atoms with van der Waals surface area (Å²) >= 11 is 0. The van der Waals surface area contributed by atoms with E-state index in [4.69, 9.17) is 9.47 Å². The molecule has 0 aliphatic carbocycles. The van der Waals surface area contributed by atoms with Crippen LogP contribution in [-0.4, -0.2) is 19.0 Å². The van der Waals surface area contributed by atoms with E-state index in [9.17, 15) is 9.59 Å². The molecule has 0 heterocycles. The van der Waals surface area contributed by atoms with Gasteiger partial charge in [0.05, 0.1) is 19.6 Å². The lowest BCUT2D eigenvalue weighted by Crippen LogP contribution is -2.29. The van der Waals surface area contributed by atoms with E-state index in [1.165, 1.54) is 6.92 Å². The predicted octanol–water partition coefficient (Wildman–Crippen LogP) is 4.30. The van der Waals surface area contributed by atoms with Crippen molar-refractivity contribution in [1.29, 1.82) is 0 Å². The largest absolute Gasteiger partial charge is 0.497 e. The van der Waals surface area contributed by atoms with Gasteiger partial charge in [-0.15, -0.1) is 0 Å². The molecule has 0 aliphatic rings. The maximum Gasteiger partial charge on any atom is 0.313 e. The fourth-order valence-corrected chi connectivity index (χ4v) is 2.84. The number of hydrogen-bond donors (Lipinski definition) is 1. The number of aryl methyl sites for hydroxylation is 1. The molecule has 0 aliphatic heterocycles. The Morgan fingerprint density at radius 3 is 2.22 bits per heavy atom. The molecule has 1 amide bonds. The Morgan fingerprint density at radius 1 is 1.00 bits per heavy atom. The summed E-state index contributed by atoms with van der Waals surface area (Å²) in [5.41, 5.74) is 2.97. The van der Waals surface area contributed by atoms with Crippen molar-refractivity contribution in [2.45, 2.75) is 46.1 Å². The van der Waals surface area contributed by atoms with Crippen molar-refractivity contribution in [2.75, 3.05) is 7.11 Å². The van der Waals surface area contributed by atoms with Gasteiger partial charge in [-0.2, -0.15) is 0 Å². The third kappa shape index (κ3) is 6.13. The molecule has 0 radical (unpaired) electrons. The number of esters is 1. The zero-order valence-electron chi connectivity index (χ0n) is 16.5. The average Bonchev–Trinajstić information content (AvgIpc) is 2.60. The lowest BCUT2D eigenvalue weighted by molar-refractivity contribution is -0.135. The first-order chi connectivity index (χ1) is 12.8. The Morgan fingerprint density at radius 2 is 1.67 bits per heavy atom. The number of carbonyl (C=O) groups is 2. The third-order valence-corrected chi connectivity index (χ3v) is 4.24. The summed E-state index contributed by atoms with van der Waals surface area (Å²) < 4.78 is 10.7. The standard InChI is InChI=1S/C22H27NO4/c1-14(2)18-10-15(3)11-20(12-18)27-22(25)13-21(23-16(4)24)17-6-8-19(26-5)9-7-17/h6-12,14,21H,13H2,1-5H3,(H,23,24). The minimum atomic E-state index is -0.463. The van der Waals surface area contributed by atoms with Gasteiger partial charge >= 0.3 is 5.97 Å². The topological polar surface area (TPSA) is 64.6 Å². The van der Waals surface area contributed by atoms with Crippen LogP contribution in [0.4, 0.5) is 0 Å². The molecule has 0 saturated carbocycles. The highest BCUT2D eigenvalue weighted by Gasteiger charge is 2.19. The summed E-state index contributed by atoms with van der Waals surface area (Å²) in [4.78, 5) is 24.1. The van der Waals surface area contributed by atoms with Crippen molar-refractivity contribution in [1.82, 2.24) is 5.32 Å². The first-order valence-corrected chi connectivity index (χ1v) is 9.01. The van der Waals surface area contributed by atoms with Gasteiger partial charge in [0, 0.05) is 6.92 Å². The zero-order valence-corrected chi connectivity index (χ0v) is 16.5. The van der Waals surface area contributed by atoms with Crippen LogP contribution in [0.25, 0.3) is 0 Å². The molecule has 2 aromatic carbocycles. The maximum atomic E-state index is 12.5. The molecule has 0 fully saturated rings. The van der Waals surface area contributed by atoms with E-state index >= 15 is 0 Å². The molecule has 0 bridgehead atoms. The summed E-state index contributed by atoms with van der Waals surface area (Å²) in [5, 5.41) is 2.81. The van der Waals surface area contributed by atoms with E-state index in [0.717, 1.165) is 16.7 Å². The minimum absolute atomic E-state index is 0.0386. The summed E-state index contributed by atoms with van der Waals surface area (Å²) in [6.45, 7) is 7.59. The molecule has 1 atom stereocenters.